The van der Waals surface area contributed by atoms with Crippen LogP contribution in [0.3, 0.4) is 0 Å². The van der Waals surface area contributed by atoms with Crippen molar-refractivity contribution in [3.63, 3.8) is 0 Å². The summed E-state index contributed by atoms with van der Waals surface area (Å²) in [6.07, 6.45) is 7.84. The van der Waals surface area contributed by atoms with Gasteiger partial charge < -0.3 is 10.2 Å². The molecule has 0 aromatic carbocycles. The molecule has 1 aliphatic heterocycles. The smallest absolute Gasteiger partial charge is 0.224 e. The summed E-state index contributed by atoms with van der Waals surface area (Å²) in [5, 5.41) is 3.09. The van der Waals surface area contributed by atoms with Crippen LogP contribution in [0.25, 0.3) is 0 Å². The van der Waals surface area contributed by atoms with Crippen molar-refractivity contribution in [2.24, 2.45) is 29.6 Å². The van der Waals surface area contributed by atoms with Gasteiger partial charge in [-0.25, -0.2) is 0 Å². The first-order valence-corrected chi connectivity index (χ1v) is 8.80. The SMILES string of the molecule is CC(C)C(=O)C1C2C=CC(C2)C1C(=O)NCCN1CCCC1. The van der Waals surface area contributed by atoms with E-state index in [1.54, 1.807) is 0 Å². The molecule has 122 valence electrons. The summed E-state index contributed by atoms with van der Waals surface area (Å²) in [6, 6.07) is 0. The van der Waals surface area contributed by atoms with Crippen LogP contribution >= 0.6 is 0 Å². The van der Waals surface area contributed by atoms with Crippen LogP contribution in [-0.4, -0.2) is 42.8 Å². The van der Waals surface area contributed by atoms with Crippen LogP contribution in [0.2, 0.25) is 0 Å². The number of Topliss-reactive ketones (excluding diaryl/α,β-unsaturated/α-hetero) is 1. The van der Waals surface area contributed by atoms with Crippen LogP contribution in [0.5, 0.6) is 0 Å². The lowest BCUT2D eigenvalue weighted by molar-refractivity contribution is -0.135. The highest BCUT2D eigenvalue weighted by atomic mass is 16.2. The molecule has 1 heterocycles. The zero-order chi connectivity index (χ0) is 15.7. The van der Waals surface area contributed by atoms with Gasteiger partial charge in [0.1, 0.15) is 5.78 Å². The van der Waals surface area contributed by atoms with Crippen LogP contribution in [0.1, 0.15) is 33.1 Å². The van der Waals surface area contributed by atoms with Gasteiger partial charge in [-0.05, 0) is 44.2 Å². The van der Waals surface area contributed by atoms with Gasteiger partial charge in [0.05, 0.1) is 5.92 Å². The summed E-state index contributed by atoms with van der Waals surface area (Å²) in [5.41, 5.74) is 0. The Morgan fingerprint density at radius 1 is 1.14 bits per heavy atom. The molecule has 3 aliphatic rings. The molecule has 3 rings (SSSR count). The summed E-state index contributed by atoms with van der Waals surface area (Å²) in [7, 11) is 0. The minimum absolute atomic E-state index is 0.0117. The van der Waals surface area contributed by atoms with Crippen LogP contribution in [0.15, 0.2) is 12.2 Å². The molecule has 4 nitrogen and oxygen atoms in total. The molecule has 1 saturated heterocycles. The summed E-state index contributed by atoms with van der Waals surface area (Å²) in [6.45, 7) is 7.84. The summed E-state index contributed by atoms with van der Waals surface area (Å²) in [5.74, 6) is 0.688. The molecule has 2 fully saturated rings. The Morgan fingerprint density at radius 2 is 1.77 bits per heavy atom. The number of amides is 1. The number of carbonyl (C=O) groups is 2. The van der Waals surface area contributed by atoms with E-state index < -0.39 is 0 Å². The fraction of sp³-hybridized carbons (Fsp3) is 0.778. The van der Waals surface area contributed by atoms with Crippen molar-refractivity contribution in [1.82, 2.24) is 10.2 Å². The molecule has 0 radical (unpaired) electrons. The van der Waals surface area contributed by atoms with Crippen molar-refractivity contribution >= 4 is 11.7 Å². The second-order valence-electron chi connectivity index (χ2n) is 7.40. The normalized spacial score (nSPS) is 33.8. The van der Waals surface area contributed by atoms with Crippen molar-refractivity contribution in [2.75, 3.05) is 26.2 Å². The highest BCUT2D eigenvalue weighted by Gasteiger charge is 2.51. The monoisotopic (exact) mass is 304 g/mol. The number of likely N-dealkylation sites (tertiary alicyclic amines) is 1. The largest absolute Gasteiger partial charge is 0.355 e. The molecule has 0 spiro atoms. The standard InChI is InChI=1S/C18H28N2O2/c1-12(2)17(21)15-13-5-6-14(11-13)16(15)18(22)19-7-10-20-8-3-4-9-20/h5-6,12-16H,3-4,7-11H2,1-2H3,(H,19,22). The van der Waals surface area contributed by atoms with Crippen LogP contribution in [0.4, 0.5) is 0 Å². The molecule has 0 aromatic rings. The number of carbonyl (C=O) groups excluding carboxylic acids is 2. The highest BCUT2D eigenvalue weighted by molar-refractivity contribution is 5.91. The quantitative estimate of drug-likeness (QED) is 0.762. The number of rotatable bonds is 6. The number of fused-ring (bicyclic) bond motifs is 2. The summed E-state index contributed by atoms with van der Waals surface area (Å²) < 4.78 is 0. The molecule has 4 unspecified atom stereocenters. The predicted octanol–water partition coefficient (Wildman–Crippen LogP) is 1.86. The molecule has 22 heavy (non-hydrogen) atoms. The Kier molecular flexibility index (Phi) is 4.67. The minimum atomic E-state index is -0.136. The first-order valence-electron chi connectivity index (χ1n) is 8.80. The van der Waals surface area contributed by atoms with E-state index in [9.17, 15) is 9.59 Å². The molecule has 2 bridgehead atoms. The lowest BCUT2D eigenvalue weighted by atomic mass is 9.77. The second kappa shape index (κ2) is 6.53. The maximum absolute atomic E-state index is 12.6. The number of hydrogen-bond acceptors (Lipinski definition) is 3. The maximum atomic E-state index is 12.6. The topological polar surface area (TPSA) is 49.4 Å². The minimum Gasteiger partial charge on any atom is -0.355 e. The second-order valence-corrected chi connectivity index (χ2v) is 7.40. The molecule has 1 saturated carbocycles. The van der Waals surface area contributed by atoms with Gasteiger partial charge in [0.25, 0.3) is 0 Å². The molecule has 1 amide bonds. The molecule has 0 aromatic heterocycles. The Balaban J connectivity index is 1.57. The lowest BCUT2D eigenvalue weighted by Gasteiger charge is -2.27. The van der Waals surface area contributed by atoms with E-state index in [0.29, 0.717) is 6.54 Å². The van der Waals surface area contributed by atoms with E-state index >= 15 is 0 Å². The number of nitrogens with zero attached hydrogens (tertiary/aromatic N) is 1. The number of nitrogens with one attached hydrogen (secondary N) is 1. The lowest BCUT2D eigenvalue weighted by Crippen LogP contribution is -2.43. The van der Waals surface area contributed by atoms with Crippen LogP contribution in [0, 0.1) is 29.6 Å². The van der Waals surface area contributed by atoms with E-state index in [1.807, 2.05) is 13.8 Å². The van der Waals surface area contributed by atoms with Gasteiger partial charge in [0.2, 0.25) is 5.91 Å². The first-order chi connectivity index (χ1) is 10.6. The Labute approximate surface area is 133 Å². The van der Waals surface area contributed by atoms with Crippen molar-refractivity contribution in [3.8, 4) is 0 Å². The van der Waals surface area contributed by atoms with Gasteiger partial charge in [0.15, 0.2) is 0 Å². The predicted molar refractivity (Wildman–Crippen MR) is 86.2 cm³/mol. The van der Waals surface area contributed by atoms with Gasteiger partial charge in [-0.2, -0.15) is 0 Å². The fourth-order valence-electron chi connectivity index (χ4n) is 4.41. The van der Waals surface area contributed by atoms with Crippen molar-refractivity contribution in [3.05, 3.63) is 12.2 Å². The Hall–Kier alpha value is -1.16. The fourth-order valence-corrected chi connectivity index (χ4v) is 4.41. The van der Waals surface area contributed by atoms with E-state index in [2.05, 4.69) is 22.4 Å². The molecule has 2 aliphatic carbocycles. The van der Waals surface area contributed by atoms with E-state index in [-0.39, 0.29) is 41.3 Å². The summed E-state index contributed by atoms with van der Waals surface area (Å²) >= 11 is 0. The van der Waals surface area contributed by atoms with Gasteiger partial charge in [-0.3, -0.25) is 9.59 Å². The molecule has 4 heteroatoms. The third-order valence-electron chi connectivity index (χ3n) is 5.59. The van der Waals surface area contributed by atoms with Gasteiger partial charge in [0, 0.05) is 24.9 Å². The van der Waals surface area contributed by atoms with E-state index in [4.69, 9.17) is 0 Å². The highest BCUT2D eigenvalue weighted by Crippen LogP contribution is 2.49. The maximum Gasteiger partial charge on any atom is 0.224 e. The third-order valence-corrected chi connectivity index (χ3v) is 5.59. The van der Waals surface area contributed by atoms with Crippen molar-refractivity contribution in [2.45, 2.75) is 33.1 Å². The average Bonchev–Trinajstić information content (AvgIpc) is 3.22. The molecule has 4 atom stereocenters. The van der Waals surface area contributed by atoms with Crippen molar-refractivity contribution in [1.29, 1.82) is 0 Å². The van der Waals surface area contributed by atoms with Gasteiger partial charge in [-0.15, -0.1) is 0 Å². The first kappa shape index (κ1) is 15.7. The van der Waals surface area contributed by atoms with Gasteiger partial charge in [-0.1, -0.05) is 26.0 Å². The molecular weight excluding hydrogens is 276 g/mol. The van der Waals surface area contributed by atoms with E-state index in [0.717, 1.165) is 26.1 Å². The molecule has 1 N–H and O–H groups in total. The van der Waals surface area contributed by atoms with Crippen LogP contribution in [-0.2, 0) is 9.59 Å². The number of hydrogen-bond donors (Lipinski definition) is 1. The number of allylic oxidation sites excluding steroid dienone is 2. The molecular formula is C18H28N2O2. The average molecular weight is 304 g/mol. The van der Waals surface area contributed by atoms with Gasteiger partial charge >= 0.3 is 0 Å². The number of ketones is 1. The zero-order valence-electron chi connectivity index (χ0n) is 13.8. The van der Waals surface area contributed by atoms with Crippen LogP contribution < -0.4 is 5.32 Å². The Morgan fingerprint density at radius 3 is 2.41 bits per heavy atom. The Bertz CT molecular complexity index is 466. The zero-order valence-corrected chi connectivity index (χ0v) is 13.8. The summed E-state index contributed by atoms with van der Waals surface area (Å²) in [4.78, 5) is 27.5. The van der Waals surface area contributed by atoms with Crippen molar-refractivity contribution < 1.29 is 9.59 Å². The van der Waals surface area contributed by atoms with E-state index in [1.165, 1.54) is 12.8 Å². The third kappa shape index (κ3) is 2.98.